The van der Waals surface area contributed by atoms with Crippen LogP contribution in [0.25, 0.3) is 0 Å². The molecular weight excluding hydrogens is 264 g/mol. The second-order valence-electron chi connectivity index (χ2n) is 4.70. The summed E-state index contributed by atoms with van der Waals surface area (Å²) in [5.74, 6) is -0.199. The maximum Gasteiger partial charge on any atom is 0.305 e. The molecule has 1 aliphatic heterocycles. The SMILES string of the molecule is COC(=O)CCc1csc(NC(C)C2CCCO2)n1. The molecule has 2 heterocycles. The number of carbonyl (C=O) groups is 1. The second kappa shape index (κ2) is 6.86. The number of hydrogen-bond acceptors (Lipinski definition) is 6. The molecule has 0 saturated carbocycles. The molecule has 1 aromatic heterocycles. The van der Waals surface area contributed by atoms with E-state index in [1.54, 1.807) is 11.3 Å². The molecule has 0 aliphatic carbocycles. The fourth-order valence-corrected chi connectivity index (χ4v) is 2.95. The van der Waals surface area contributed by atoms with E-state index in [0.717, 1.165) is 30.3 Å². The zero-order chi connectivity index (χ0) is 13.7. The van der Waals surface area contributed by atoms with Crippen molar-refractivity contribution in [3.05, 3.63) is 11.1 Å². The first kappa shape index (κ1) is 14.3. The highest BCUT2D eigenvalue weighted by Gasteiger charge is 2.22. The summed E-state index contributed by atoms with van der Waals surface area (Å²) in [5, 5.41) is 6.24. The van der Waals surface area contributed by atoms with E-state index < -0.39 is 0 Å². The molecule has 0 amide bonds. The number of nitrogens with zero attached hydrogens (tertiary/aromatic N) is 1. The van der Waals surface area contributed by atoms with Gasteiger partial charge in [-0.05, 0) is 19.8 Å². The summed E-state index contributed by atoms with van der Waals surface area (Å²) in [5.41, 5.74) is 0.928. The first-order chi connectivity index (χ1) is 9.19. The minimum Gasteiger partial charge on any atom is -0.469 e. The average molecular weight is 284 g/mol. The number of esters is 1. The number of methoxy groups -OCH3 is 1. The van der Waals surface area contributed by atoms with E-state index in [9.17, 15) is 4.79 Å². The van der Waals surface area contributed by atoms with Gasteiger partial charge in [-0.2, -0.15) is 0 Å². The van der Waals surface area contributed by atoms with Crippen LogP contribution in [0.2, 0.25) is 0 Å². The van der Waals surface area contributed by atoms with Gasteiger partial charge in [0, 0.05) is 18.4 Å². The quantitative estimate of drug-likeness (QED) is 0.812. The first-order valence-corrected chi connectivity index (χ1v) is 7.46. The molecule has 1 saturated heterocycles. The maximum absolute atomic E-state index is 11.1. The predicted octanol–water partition coefficient (Wildman–Crippen LogP) is 2.23. The Morgan fingerprint density at radius 3 is 3.26 bits per heavy atom. The number of thiazole rings is 1. The normalized spacial score (nSPS) is 20.2. The molecule has 106 valence electrons. The summed E-state index contributed by atoms with van der Waals surface area (Å²) in [7, 11) is 1.40. The van der Waals surface area contributed by atoms with Crippen LogP contribution in [-0.2, 0) is 20.7 Å². The molecule has 0 aromatic carbocycles. The predicted molar refractivity (Wildman–Crippen MR) is 74.5 cm³/mol. The number of carbonyl (C=O) groups excluding carboxylic acids is 1. The molecule has 1 aromatic rings. The van der Waals surface area contributed by atoms with Gasteiger partial charge < -0.3 is 14.8 Å². The van der Waals surface area contributed by atoms with Gasteiger partial charge in [-0.25, -0.2) is 4.98 Å². The van der Waals surface area contributed by atoms with Crippen molar-refractivity contribution in [1.29, 1.82) is 0 Å². The van der Waals surface area contributed by atoms with Crippen molar-refractivity contribution in [2.24, 2.45) is 0 Å². The van der Waals surface area contributed by atoms with Gasteiger partial charge in [-0.15, -0.1) is 11.3 Å². The van der Waals surface area contributed by atoms with Crippen LogP contribution in [0.3, 0.4) is 0 Å². The van der Waals surface area contributed by atoms with Crippen LogP contribution in [0.4, 0.5) is 5.13 Å². The van der Waals surface area contributed by atoms with Crippen molar-refractivity contribution >= 4 is 22.4 Å². The number of aryl methyl sites for hydroxylation is 1. The molecule has 19 heavy (non-hydrogen) atoms. The van der Waals surface area contributed by atoms with E-state index in [-0.39, 0.29) is 18.1 Å². The Morgan fingerprint density at radius 2 is 2.58 bits per heavy atom. The Hall–Kier alpha value is -1.14. The molecule has 2 atom stereocenters. The fourth-order valence-electron chi connectivity index (χ4n) is 2.10. The standard InChI is InChI=1S/C13H20N2O3S/c1-9(11-4-3-7-18-11)14-13-15-10(8-19-13)5-6-12(16)17-2/h8-9,11H,3-7H2,1-2H3,(H,14,15). The molecular formula is C13H20N2O3S. The smallest absolute Gasteiger partial charge is 0.305 e. The number of rotatable bonds is 6. The lowest BCUT2D eigenvalue weighted by molar-refractivity contribution is -0.140. The molecule has 5 nitrogen and oxygen atoms in total. The van der Waals surface area contributed by atoms with Crippen molar-refractivity contribution in [3.8, 4) is 0 Å². The minimum absolute atomic E-state index is 0.199. The van der Waals surface area contributed by atoms with Crippen LogP contribution < -0.4 is 5.32 Å². The van der Waals surface area contributed by atoms with E-state index in [0.29, 0.717) is 12.8 Å². The summed E-state index contributed by atoms with van der Waals surface area (Å²) < 4.78 is 10.3. The number of aromatic nitrogens is 1. The van der Waals surface area contributed by atoms with Crippen LogP contribution >= 0.6 is 11.3 Å². The Bertz CT molecular complexity index is 416. The summed E-state index contributed by atoms with van der Waals surface area (Å²) >= 11 is 1.57. The van der Waals surface area contributed by atoms with Crippen LogP contribution in [0, 0.1) is 0 Å². The molecule has 6 heteroatoms. The van der Waals surface area contributed by atoms with Crippen LogP contribution in [0.1, 0.15) is 31.9 Å². The largest absolute Gasteiger partial charge is 0.469 e. The molecule has 2 rings (SSSR count). The molecule has 2 unspecified atom stereocenters. The molecule has 1 fully saturated rings. The van der Waals surface area contributed by atoms with Crippen LogP contribution in [0.5, 0.6) is 0 Å². The van der Waals surface area contributed by atoms with E-state index in [2.05, 4.69) is 22.0 Å². The van der Waals surface area contributed by atoms with Crippen LogP contribution in [-0.4, -0.2) is 36.8 Å². The average Bonchev–Trinajstić information content (AvgIpc) is 3.07. The van der Waals surface area contributed by atoms with Gasteiger partial charge in [0.05, 0.1) is 31.4 Å². The topological polar surface area (TPSA) is 60.5 Å². The van der Waals surface area contributed by atoms with Crippen molar-refractivity contribution in [3.63, 3.8) is 0 Å². The maximum atomic E-state index is 11.1. The van der Waals surface area contributed by atoms with Crippen molar-refractivity contribution in [2.75, 3.05) is 19.0 Å². The van der Waals surface area contributed by atoms with E-state index in [4.69, 9.17) is 4.74 Å². The highest BCUT2D eigenvalue weighted by atomic mass is 32.1. The zero-order valence-electron chi connectivity index (χ0n) is 11.3. The van der Waals surface area contributed by atoms with Crippen molar-refractivity contribution in [2.45, 2.75) is 44.8 Å². The number of nitrogens with one attached hydrogen (secondary N) is 1. The monoisotopic (exact) mass is 284 g/mol. The van der Waals surface area contributed by atoms with Gasteiger partial charge in [0.25, 0.3) is 0 Å². The van der Waals surface area contributed by atoms with E-state index >= 15 is 0 Å². The highest BCUT2D eigenvalue weighted by molar-refractivity contribution is 7.13. The van der Waals surface area contributed by atoms with Gasteiger partial charge in [0.2, 0.25) is 0 Å². The summed E-state index contributed by atoms with van der Waals surface area (Å²) in [6.45, 7) is 2.98. The molecule has 0 radical (unpaired) electrons. The lowest BCUT2D eigenvalue weighted by Crippen LogP contribution is -2.29. The van der Waals surface area contributed by atoms with E-state index in [1.807, 2.05) is 5.38 Å². The number of hydrogen-bond donors (Lipinski definition) is 1. The number of ether oxygens (including phenoxy) is 2. The summed E-state index contributed by atoms with van der Waals surface area (Å²) in [6.07, 6.45) is 3.52. The van der Waals surface area contributed by atoms with Crippen molar-refractivity contribution < 1.29 is 14.3 Å². The lowest BCUT2D eigenvalue weighted by atomic mass is 10.1. The third-order valence-corrected chi connectivity index (χ3v) is 4.06. The second-order valence-corrected chi connectivity index (χ2v) is 5.56. The number of anilines is 1. The van der Waals surface area contributed by atoms with Crippen LogP contribution in [0.15, 0.2) is 5.38 Å². The Labute approximate surface area is 117 Å². The van der Waals surface area contributed by atoms with Gasteiger partial charge in [-0.3, -0.25) is 4.79 Å². The molecule has 1 aliphatic rings. The molecule has 0 spiro atoms. The zero-order valence-corrected chi connectivity index (χ0v) is 12.2. The van der Waals surface area contributed by atoms with Gasteiger partial charge in [0.15, 0.2) is 5.13 Å². The van der Waals surface area contributed by atoms with Gasteiger partial charge in [-0.1, -0.05) is 0 Å². The Balaban J connectivity index is 1.81. The third-order valence-electron chi connectivity index (χ3n) is 3.24. The summed E-state index contributed by atoms with van der Waals surface area (Å²) in [6, 6.07) is 0.266. The summed E-state index contributed by atoms with van der Waals surface area (Å²) in [4.78, 5) is 15.5. The Kier molecular flexibility index (Phi) is 5.15. The van der Waals surface area contributed by atoms with Gasteiger partial charge >= 0.3 is 5.97 Å². The lowest BCUT2D eigenvalue weighted by Gasteiger charge is -2.19. The van der Waals surface area contributed by atoms with Gasteiger partial charge in [0.1, 0.15) is 0 Å². The highest BCUT2D eigenvalue weighted by Crippen LogP contribution is 2.22. The molecule has 1 N–H and O–H groups in total. The minimum atomic E-state index is -0.199. The van der Waals surface area contributed by atoms with E-state index in [1.165, 1.54) is 7.11 Å². The first-order valence-electron chi connectivity index (χ1n) is 6.58. The molecule has 0 bridgehead atoms. The van der Waals surface area contributed by atoms with Crippen molar-refractivity contribution in [1.82, 2.24) is 4.98 Å². The fraction of sp³-hybridized carbons (Fsp3) is 0.692. The Morgan fingerprint density at radius 1 is 1.74 bits per heavy atom. The third kappa shape index (κ3) is 4.18.